The van der Waals surface area contributed by atoms with Crippen LogP contribution in [0.15, 0.2) is 59.1 Å². The van der Waals surface area contributed by atoms with Gasteiger partial charge in [-0.2, -0.15) is 0 Å². The molecule has 3 rings (SSSR count). The molecule has 0 bridgehead atoms. The van der Waals surface area contributed by atoms with Crippen LogP contribution in [0.3, 0.4) is 0 Å². The van der Waals surface area contributed by atoms with Gasteiger partial charge in [-0.3, -0.25) is 0 Å². The number of phenols is 1. The quantitative estimate of drug-likeness (QED) is 0.678. The van der Waals surface area contributed by atoms with E-state index in [-0.39, 0.29) is 5.75 Å². The Morgan fingerprint density at radius 2 is 1.52 bits per heavy atom. The Morgan fingerprint density at radius 3 is 2.14 bits per heavy atom. The van der Waals surface area contributed by atoms with Crippen LogP contribution in [-0.2, 0) is 0 Å². The molecule has 1 heterocycles. The standard InChI is InChI=1S/C18H16BrNO/c1-12-11-18(14-3-9-17(21)10-4-14)20(13(12)2)16-7-5-15(19)6-8-16/h3-11,21H,1-2H3. The Balaban J connectivity index is 2.20. The largest absolute Gasteiger partial charge is 0.508 e. The molecule has 106 valence electrons. The molecular weight excluding hydrogens is 326 g/mol. The fraction of sp³-hybridized carbons (Fsp3) is 0.111. The lowest BCUT2D eigenvalue weighted by atomic mass is 10.1. The van der Waals surface area contributed by atoms with Crippen LogP contribution in [0, 0.1) is 13.8 Å². The summed E-state index contributed by atoms with van der Waals surface area (Å²) in [5, 5.41) is 9.47. The minimum absolute atomic E-state index is 0.286. The molecule has 3 heteroatoms. The van der Waals surface area contributed by atoms with Gasteiger partial charge in [0, 0.05) is 15.9 Å². The van der Waals surface area contributed by atoms with Gasteiger partial charge >= 0.3 is 0 Å². The van der Waals surface area contributed by atoms with E-state index in [2.05, 4.69) is 52.5 Å². The highest BCUT2D eigenvalue weighted by atomic mass is 79.9. The van der Waals surface area contributed by atoms with Gasteiger partial charge in [-0.05, 0) is 79.6 Å². The SMILES string of the molecule is Cc1cc(-c2ccc(O)cc2)n(-c2ccc(Br)cc2)c1C. The number of nitrogens with zero attached hydrogens (tertiary/aromatic N) is 1. The van der Waals surface area contributed by atoms with E-state index in [1.165, 1.54) is 11.3 Å². The summed E-state index contributed by atoms with van der Waals surface area (Å²) >= 11 is 3.48. The molecule has 3 aromatic rings. The van der Waals surface area contributed by atoms with E-state index in [9.17, 15) is 5.11 Å². The number of phenolic OH excluding ortho intramolecular Hbond substituents is 1. The molecule has 2 aromatic carbocycles. The number of rotatable bonds is 2. The normalized spacial score (nSPS) is 10.8. The van der Waals surface area contributed by atoms with Gasteiger partial charge in [0.1, 0.15) is 5.75 Å². The van der Waals surface area contributed by atoms with Crippen LogP contribution in [0.25, 0.3) is 16.9 Å². The summed E-state index contributed by atoms with van der Waals surface area (Å²) in [6, 6.07) is 17.8. The van der Waals surface area contributed by atoms with E-state index in [0.29, 0.717) is 0 Å². The number of hydrogen-bond acceptors (Lipinski definition) is 1. The second-order valence-corrected chi connectivity index (χ2v) is 6.07. The van der Waals surface area contributed by atoms with E-state index in [0.717, 1.165) is 21.4 Å². The van der Waals surface area contributed by atoms with Gasteiger partial charge in [0.25, 0.3) is 0 Å². The zero-order chi connectivity index (χ0) is 15.0. The van der Waals surface area contributed by atoms with Crippen molar-refractivity contribution >= 4 is 15.9 Å². The van der Waals surface area contributed by atoms with Crippen LogP contribution in [0.1, 0.15) is 11.3 Å². The molecule has 0 spiro atoms. The lowest BCUT2D eigenvalue weighted by Crippen LogP contribution is -1.99. The van der Waals surface area contributed by atoms with Crippen molar-refractivity contribution in [1.29, 1.82) is 0 Å². The first-order chi connectivity index (χ1) is 10.1. The Hall–Kier alpha value is -2.00. The molecule has 0 saturated carbocycles. The predicted molar refractivity (Wildman–Crippen MR) is 90.0 cm³/mol. The van der Waals surface area contributed by atoms with Crippen molar-refractivity contribution in [1.82, 2.24) is 4.57 Å². The fourth-order valence-corrected chi connectivity index (χ4v) is 2.76. The number of halogens is 1. The van der Waals surface area contributed by atoms with E-state index < -0.39 is 0 Å². The van der Waals surface area contributed by atoms with Crippen molar-refractivity contribution in [3.63, 3.8) is 0 Å². The topological polar surface area (TPSA) is 25.2 Å². The summed E-state index contributed by atoms with van der Waals surface area (Å²) in [4.78, 5) is 0. The zero-order valence-electron chi connectivity index (χ0n) is 12.0. The highest BCUT2D eigenvalue weighted by molar-refractivity contribution is 9.10. The molecule has 0 aliphatic heterocycles. The summed E-state index contributed by atoms with van der Waals surface area (Å²) in [5.74, 6) is 0.286. The summed E-state index contributed by atoms with van der Waals surface area (Å²) in [5.41, 5.74) is 5.83. The second-order valence-electron chi connectivity index (χ2n) is 5.16. The first-order valence-electron chi connectivity index (χ1n) is 6.80. The monoisotopic (exact) mass is 341 g/mol. The van der Waals surface area contributed by atoms with E-state index in [1.807, 2.05) is 24.3 Å². The maximum atomic E-state index is 9.47. The van der Waals surface area contributed by atoms with Crippen LogP contribution in [0.2, 0.25) is 0 Å². The average Bonchev–Trinajstić information content (AvgIpc) is 2.77. The summed E-state index contributed by atoms with van der Waals surface area (Å²) in [6.45, 7) is 4.25. The molecule has 1 N–H and O–H groups in total. The van der Waals surface area contributed by atoms with E-state index in [4.69, 9.17) is 0 Å². The molecule has 0 saturated heterocycles. The average molecular weight is 342 g/mol. The maximum Gasteiger partial charge on any atom is 0.115 e. The fourth-order valence-electron chi connectivity index (χ4n) is 2.50. The third kappa shape index (κ3) is 2.61. The first kappa shape index (κ1) is 14.0. The highest BCUT2D eigenvalue weighted by Gasteiger charge is 2.12. The molecule has 0 aliphatic carbocycles. The van der Waals surface area contributed by atoms with E-state index >= 15 is 0 Å². The van der Waals surface area contributed by atoms with Crippen molar-refractivity contribution in [2.75, 3.05) is 0 Å². The van der Waals surface area contributed by atoms with Crippen molar-refractivity contribution in [2.24, 2.45) is 0 Å². The first-order valence-corrected chi connectivity index (χ1v) is 7.60. The Labute approximate surface area is 132 Å². The molecule has 0 unspecified atom stereocenters. The zero-order valence-corrected chi connectivity index (χ0v) is 13.6. The van der Waals surface area contributed by atoms with Gasteiger partial charge in [0.05, 0.1) is 5.69 Å². The summed E-state index contributed by atoms with van der Waals surface area (Å²) < 4.78 is 3.31. The Morgan fingerprint density at radius 1 is 0.905 bits per heavy atom. The number of aryl methyl sites for hydroxylation is 1. The number of aromatic nitrogens is 1. The molecule has 1 aromatic heterocycles. The molecule has 2 nitrogen and oxygen atoms in total. The van der Waals surface area contributed by atoms with Crippen molar-refractivity contribution in [3.05, 3.63) is 70.3 Å². The van der Waals surface area contributed by atoms with Gasteiger partial charge < -0.3 is 9.67 Å². The lowest BCUT2D eigenvalue weighted by molar-refractivity contribution is 0.475. The van der Waals surface area contributed by atoms with Crippen LogP contribution in [0.5, 0.6) is 5.75 Å². The van der Waals surface area contributed by atoms with Gasteiger partial charge in [-0.15, -0.1) is 0 Å². The van der Waals surface area contributed by atoms with Crippen LogP contribution >= 0.6 is 15.9 Å². The predicted octanol–water partition coefficient (Wildman–Crippen LogP) is 5.23. The van der Waals surface area contributed by atoms with Crippen LogP contribution in [-0.4, -0.2) is 9.67 Å². The minimum atomic E-state index is 0.286. The third-order valence-electron chi connectivity index (χ3n) is 3.75. The maximum absolute atomic E-state index is 9.47. The highest BCUT2D eigenvalue weighted by Crippen LogP contribution is 2.30. The summed E-state index contributed by atoms with van der Waals surface area (Å²) in [6.07, 6.45) is 0. The molecule has 0 aliphatic rings. The van der Waals surface area contributed by atoms with Gasteiger partial charge in [0.15, 0.2) is 0 Å². The van der Waals surface area contributed by atoms with E-state index in [1.54, 1.807) is 12.1 Å². The van der Waals surface area contributed by atoms with Crippen molar-refractivity contribution < 1.29 is 5.11 Å². The molecule has 0 amide bonds. The smallest absolute Gasteiger partial charge is 0.115 e. The van der Waals surface area contributed by atoms with Crippen LogP contribution < -0.4 is 0 Å². The lowest BCUT2D eigenvalue weighted by Gasteiger charge is -2.12. The van der Waals surface area contributed by atoms with Gasteiger partial charge in [-0.25, -0.2) is 0 Å². The summed E-state index contributed by atoms with van der Waals surface area (Å²) in [7, 11) is 0. The van der Waals surface area contributed by atoms with Gasteiger partial charge in [-0.1, -0.05) is 15.9 Å². The molecular formula is C18H16BrNO. The van der Waals surface area contributed by atoms with Gasteiger partial charge in [0.2, 0.25) is 0 Å². The number of benzene rings is 2. The Bertz CT molecular complexity index is 770. The number of aromatic hydroxyl groups is 1. The van der Waals surface area contributed by atoms with Crippen molar-refractivity contribution in [3.8, 4) is 22.7 Å². The molecule has 21 heavy (non-hydrogen) atoms. The van der Waals surface area contributed by atoms with Crippen molar-refractivity contribution in [2.45, 2.75) is 13.8 Å². The molecule has 0 radical (unpaired) electrons. The second kappa shape index (κ2) is 5.41. The molecule has 0 atom stereocenters. The minimum Gasteiger partial charge on any atom is -0.508 e. The number of hydrogen-bond donors (Lipinski definition) is 1. The Kier molecular flexibility index (Phi) is 3.60. The third-order valence-corrected chi connectivity index (χ3v) is 4.28. The van der Waals surface area contributed by atoms with Crippen LogP contribution in [0.4, 0.5) is 0 Å². The molecule has 0 fully saturated rings.